The minimum atomic E-state index is -0.658. The number of hydrogen-bond acceptors (Lipinski definition) is 0. The monoisotopic (exact) mass is 344 g/mol. The summed E-state index contributed by atoms with van der Waals surface area (Å²) in [6.45, 7) is 3.55. The summed E-state index contributed by atoms with van der Waals surface area (Å²) in [6.07, 6.45) is 0. The Balaban J connectivity index is 2.49. The van der Waals surface area contributed by atoms with Gasteiger partial charge in [0.05, 0.1) is 5.38 Å². The summed E-state index contributed by atoms with van der Waals surface area (Å²) in [5.74, 6) is -1.19. The van der Waals surface area contributed by atoms with Crippen molar-refractivity contribution in [2.24, 2.45) is 0 Å². The molecule has 0 nitrogen and oxygen atoms in total. The lowest BCUT2D eigenvalue weighted by Crippen LogP contribution is -2.00. The van der Waals surface area contributed by atoms with E-state index in [0.717, 1.165) is 21.7 Å². The standard InChI is InChI=1S/C15H12BrClF2/c1-8-3-4-10(12(16)5-8)15(17)11-6-9(2)13(18)7-14(11)19/h3-7,15H,1-2H3. The molecular formula is C15H12BrClF2. The average molecular weight is 346 g/mol. The van der Waals surface area contributed by atoms with Crippen LogP contribution in [0.1, 0.15) is 27.6 Å². The molecule has 0 saturated heterocycles. The van der Waals surface area contributed by atoms with Crippen molar-refractivity contribution in [3.8, 4) is 0 Å². The van der Waals surface area contributed by atoms with Gasteiger partial charge in [-0.05, 0) is 42.7 Å². The summed E-state index contributed by atoms with van der Waals surface area (Å²) >= 11 is 9.75. The van der Waals surface area contributed by atoms with Crippen molar-refractivity contribution in [1.29, 1.82) is 0 Å². The SMILES string of the molecule is Cc1ccc(C(Cl)c2cc(C)c(F)cc2F)c(Br)c1. The highest BCUT2D eigenvalue weighted by molar-refractivity contribution is 9.10. The first kappa shape index (κ1) is 14.5. The zero-order valence-corrected chi connectivity index (χ0v) is 12.8. The summed E-state index contributed by atoms with van der Waals surface area (Å²) in [7, 11) is 0. The average Bonchev–Trinajstić information content (AvgIpc) is 2.33. The lowest BCUT2D eigenvalue weighted by atomic mass is 10.0. The Morgan fingerprint density at radius 2 is 1.68 bits per heavy atom. The largest absolute Gasteiger partial charge is 0.207 e. The van der Waals surface area contributed by atoms with E-state index in [1.807, 2.05) is 25.1 Å². The number of aryl methyl sites for hydroxylation is 2. The maximum Gasteiger partial charge on any atom is 0.131 e. The molecule has 0 heterocycles. The molecule has 0 saturated carbocycles. The Bertz CT molecular complexity index is 626. The van der Waals surface area contributed by atoms with Crippen LogP contribution >= 0.6 is 27.5 Å². The van der Waals surface area contributed by atoms with E-state index in [1.165, 1.54) is 6.07 Å². The molecular weight excluding hydrogens is 334 g/mol. The molecule has 2 rings (SSSR count). The van der Waals surface area contributed by atoms with Crippen molar-refractivity contribution in [3.63, 3.8) is 0 Å². The van der Waals surface area contributed by atoms with Gasteiger partial charge >= 0.3 is 0 Å². The van der Waals surface area contributed by atoms with Crippen molar-refractivity contribution in [2.45, 2.75) is 19.2 Å². The highest BCUT2D eigenvalue weighted by atomic mass is 79.9. The number of rotatable bonds is 2. The van der Waals surface area contributed by atoms with Crippen LogP contribution in [0.5, 0.6) is 0 Å². The zero-order chi connectivity index (χ0) is 14.2. The summed E-state index contributed by atoms with van der Waals surface area (Å²) in [6, 6.07) is 7.99. The molecule has 19 heavy (non-hydrogen) atoms. The second-order valence-electron chi connectivity index (χ2n) is 4.51. The van der Waals surface area contributed by atoms with Crippen LogP contribution in [-0.4, -0.2) is 0 Å². The Hall–Kier alpha value is -0.930. The fourth-order valence-electron chi connectivity index (χ4n) is 1.88. The lowest BCUT2D eigenvalue weighted by molar-refractivity contribution is 0.568. The van der Waals surface area contributed by atoms with Gasteiger partial charge in [0.2, 0.25) is 0 Å². The minimum Gasteiger partial charge on any atom is -0.207 e. The maximum atomic E-state index is 13.8. The molecule has 0 amide bonds. The third-order valence-electron chi connectivity index (χ3n) is 2.98. The second-order valence-corrected chi connectivity index (χ2v) is 5.80. The van der Waals surface area contributed by atoms with E-state index in [0.29, 0.717) is 5.56 Å². The van der Waals surface area contributed by atoms with Crippen LogP contribution in [0.4, 0.5) is 8.78 Å². The van der Waals surface area contributed by atoms with Crippen LogP contribution in [0.2, 0.25) is 0 Å². The summed E-state index contributed by atoms with van der Waals surface area (Å²) in [5, 5.41) is -0.658. The Morgan fingerprint density at radius 3 is 2.32 bits per heavy atom. The van der Waals surface area contributed by atoms with E-state index < -0.39 is 17.0 Å². The number of halogens is 4. The van der Waals surface area contributed by atoms with Crippen LogP contribution in [-0.2, 0) is 0 Å². The number of alkyl halides is 1. The molecule has 0 fully saturated rings. The van der Waals surface area contributed by atoms with Crippen LogP contribution in [0.15, 0.2) is 34.8 Å². The van der Waals surface area contributed by atoms with E-state index >= 15 is 0 Å². The lowest BCUT2D eigenvalue weighted by Gasteiger charge is -2.15. The first-order chi connectivity index (χ1) is 8.90. The third-order valence-corrected chi connectivity index (χ3v) is 4.14. The smallest absolute Gasteiger partial charge is 0.131 e. The molecule has 0 aliphatic carbocycles. The summed E-state index contributed by atoms with van der Waals surface area (Å²) < 4.78 is 27.9. The molecule has 2 aromatic carbocycles. The Labute approximate surface area is 124 Å². The van der Waals surface area contributed by atoms with E-state index in [9.17, 15) is 8.78 Å². The molecule has 0 bridgehead atoms. The van der Waals surface area contributed by atoms with Gasteiger partial charge in [-0.1, -0.05) is 28.1 Å². The molecule has 1 unspecified atom stereocenters. The fourth-order valence-corrected chi connectivity index (χ4v) is 3.09. The molecule has 1 atom stereocenters. The predicted octanol–water partition coefficient (Wildman–Crippen LogP) is 5.67. The fraction of sp³-hybridized carbons (Fsp3) is 0.200. The highest BCUT2D eigenvalue weighted by Gasteiger charge is 2.19. The van der Waals surface area contributed by atoms with Gasteiger partial charge in [-0.15, -0.1) is 11.6 Å². The highest BCUT2D eigenvalue weighted by Crippen LogP contribution is 2.36. The van der Waals surface area contributed by atoms with Crippen LogP contribution in [0.3, 0.4) is 0 Å². The summed E-state index contributed by atoms with van der Waals surface area (Å²) in [5.41, 5.74) is 2.50. The van der Waals surface area contributed by atoms with Gasteiger partial charge in [-0.2, -0.15) is 0 Å². The van der Waals surface area contributed by atoms with Gasteiger partial charge in [-0.25, -0.2) is 8.78 Å². The van der Waals surface area contributed by atoms with Crippen molar-refractivity contribution in [3.05, 3.63) is 68.7 Å². The van der Waals surface area contributed by atoms with Crippen molar-refractivity contribution < 1.29 is 8.78 Å². The van der Waals surface area contributed by atoms with Gasteiger partial charge < -0.3 is 0 Å². The van der Waals surface area contributed by atoms with Gasteiger partial charge in [0.25, 0.3) is 0 Å². The molecule has 0 aliphatic rings. The zero-order valence-electron chi connectivity index (χ0n) is 10.5. The van der Waals surface area contributed by atoms with Crippen molar-refractivity contribution in [1.82, 2.24) is 0 Å². The maximum absolute atomic E-state index is 13.8. The van der Waals surface area contributed by atoms with Crippen LogP contribution < -0.4 is 0 Å². The normalized spacial score (nSPS) is 12.5. The first-order valence-electron chi connectivity index (χ1n) is 5.76. The minimum absolute atomic E-state index is 0.283. The van der Waals surface area contributed by atoms with Crippen LogP contribution in [0, 0.1) is 25.5 Å². The topological polar surface area (TPSA) is 0 Å². The second kappa shape index (κ2) is 5.59. The van der Waals surface area contributed by atoms with Crippen molar-refractivity contribution >= 4 is 27.5 Å². The van der Waals surface area contributed by atoms with E-state index in [4.69, 9.17) is 11.6 Å². The summed E-state index contributed by atoms with van der Waals surface area (Å²) in [4.78, 5) is 0. The molecule has 0 N–H and O–H groups in total. The van der Waals surface area contributed by atoms with E-state index in [1.54, 1.807) is 6.92 Å². The third kappa shape index (κ3) is 2.98. The van der Waals surface area contributed by atoms with Gasteiger partial charge in [0.15, 0.2) is 0 Å². The van der Waals surface area contributed by atoms with Gasteiger partial charge in [0.1, 0.15) is 11.6 Å². The number of hydrogen-bond donors (Lipinski definition) is 0. The molecule has 4 heteroatoms. The van der Waals surface area contributed by atoms with Crippen molar-refractivity contribution in [2.75, 3.05) is 0 Å². The molecule has 0 aromatic heterocycles. The number of benzene rings is 2. The van der Waals surface area contributed by atoms with Crippen LogP contribution in [0.25, 0.3) is 0 Å². The molecule has 100 valence electrons. The first-order valence-corrected chi connectivity index (χ1v) is 6.98. The molecule has 0 aliphatic heterocycles. The predicted molar refractivity (Wildman–Crippen MR) is 77.7 cm³/mol. The Kier molecular flexibility index (Phi) is 4.26. The quantitative estimate of drug-likeness (QED) is 0.615. The molecule has 2 aromatic rings. The van der Waals surface area contributed by atoms with Gasteiger partial charge in [0, 0.05) is 16.1 Å². The van der Waals surface area contributed by atoms with Gasteiger partial charge in [-0.3, -0.25) is 0 Å². The Morgan fingerprint density at radius 1 is 1.00 bits per heavy atom. The van der Waals surface area contributed by atoms with E-state index in [2.05, 4.69) is 15.9 Å². The van der Waals surface area contributed by atoms with E-state index in [-0.39, 0.29) is 5.56 Å². The molecule has 0 radical (unpaired) electrons. The molecule has 0 spiro atoms.